The summed E-state index contributed by atoms with van der Waals surface area (Å²) in [6, 6.07) is 7.46. The first-order chi connectivity index (χ1) is 9.90. The zero-order valence-electron chi connectivity index (χ0n) is 11.0. The van der Waals surface area contributed by atoms with E-state index in [4.69, 9.17) is 22.1 Å². The molecule has 0 aromatic heterocycles. The molecule has 0 heterocycles. The van der Waals surface area contributed by atoms with Crippen LogP contribution in [-0.4, -0.2) is 4.92 Å². The van der Waals surface area contributed by atoms with Crippen LogP contribution in [0.25, 0.3) is 0 Å². The van der Waals surface area contributed by atoms with Crippen LogP contribution in [0.5, 0.6) is 11.5 Å². The third-order valence-electron chi connectivity index (χ3n) is 2.81. The molecule has 2 aromatic rings. The summed E-state index contributed by atoms with van der Waals surface area (Å²) in [5, 5.41) is 11.3. The van der Waals surface area contributed by atoms with Gasteiger partial charge in [-0.25, -0.2) is 4.39 Å². The molecule has 7 heteroatoms. The van der Waals surface area contributed by atoms with Crippen molar-refractivity contribution in [3.8, 4) is 11.5 Å². The Morgan fingerprint density at radius 3 is 2.67 bits per heavy atom. The molecule has 0 aliphatic heterocycles. The summed E-state index contributed by atoms with van der Waals surface area (Å²) in [5.41, 5.74) is 5.60. The molecule has 2 aromatic carbocycles. The van der Waals surface area contributed by atoms with Crippen molar-refractivity contribution in [1.29, 1.82) is 0 Å². The summed E-state index contributed by atoms with van der Waals surface area (Å²) in [7, 11) is 0. The van der Waals surface area contributed by atoms with Gasteiger partial charge in [0.25, 0.3) is 0 Å². The van der Waals surface area contributed by atoms with E-state index in [9.17, 15) is 14.5 Å². The van der Waals surface area contributed by atoms with Gasteiger partial charge in [0.2, 0.25) is 5.75 Å². The van der Waals surface area contributed by atoms with Crippen LogP contribution in [0.1, 0.15) is 18.5 Å². The van der Waals surface area contributed by atoms with Crippen LogP contribution in [0.3, 0.4) is 0 Å². The van der Waals surface area contributed by atoms with E-state index in [0.29, 0.717) is 0 Å². The molecule has 0 unspecified atom stereocenters. The Balaban J connectivity index is 2.50. The van der Waals surface area contributed by atoms with Crippen LogP contribution in [-0.2, 0) is 0 Å². The van der Waals surface area contributed by atoms with E-state index >= 15 is 0 Å². The van der Waals surface area contributed by atoms with Crippen molar-refractivity contribution in [3.05, 3.63) is 62.9 Å². The molecule has 0 bridgehead atoms. The molecule has 0 amide bonds. The van der Waals surface area contributed by atoms with Gasteiger partial charge >= 0.3 is 5.69 Å². The molecule has 1 atom stereocenters. The summed E-state index contributed by atoms with van der Waals surface area (Å²) < 4.78 is 19.3. The van der Waals surface area contributed by atoms with Crippen LogP contribution in [0.15, 0.2) is 36.4 Å². The minimum atomic E-state index is -0.626. The second-order valence-electron chi connectivity index (χ2n) is 4.41. The number of nitro benzene ring substituents is 1. The highest BCUT2D eigenvalue weighted by molar-refractivity contribution is 6.30. The zero-order chi connectivity index (χ0) is 15.6. The summed E-state index contributed by atoms with van der Waals surface area (Å²) in [4.78, 5) is 10.4. The molecule has 110 valence electrons. The molecular formula is C14H12ClFN2O3. The molecule has 21 heavy (non-hydrogen) atoms. The summed E-state index contributed by atoms with van der Waals surface area (Å²) >= 11 is 5.82. The van der Waals surface area contributed by atoms with Gasteiger partial charge in [0.1, 0.15) is 11.6 Å². The number of nitro groups is 1. The second kappa shape index (κ2) is 6.07. The quantitative estimate of drug-likeness (QED) is 0.678. The van der Waals surface area contributed by atoms with Crippen molar-refractivity contribution in [2.24, 2.45) is 5.73 Å². The lowest BCUT2D eigenvalue weighted by Gasteiger charge is -2.14. The molecule has 5 nitrogen and oxygen atoms in total. The van der Waals surface area contributed by atoms with Gasteiger partial charge in [0, 0.05) is 28.8 Å². The van der Waals surface area contributed by atoms with E-state index in [1.54, 1.807) is 6.92 Å². The number of ether oxygens (including phenoxy) is 1. The first kappa shape index (κ1) is 15.2. The van der Waals surface area contributed by atoms with E-state index in [-0.39, 0.29) is 27.8 Å². The fraction of sp³-hybridized carbons (Fsp3) is 0.143. The third kappa shape index (κ3) is 3.29. The molecule has 0 radical (unpaired) electrons. The number of hydrogen-bond acceptors (Lipinski definition) is 4. The highest BCUT2D eigenvalue weighted by Gasteiger charge is 2.20. The molecule has 0 aliphatic carbocycles. The number of rotatable bonds is 4. The lowest BCUT2D eigenvalue weighted by atomic mass is 10.1. The standard InChI is InChI=1S/C14H12ClFN2O3/c1-8(17)14-10(16)3-2-4-12(14)21-13-7-9(15)5-6-11(13)18(19)20/h2-8H,17H2,1H3/t8-/m0/s1. The lowest BCUT2D eigenvalue weighted by molar-refractivity contribution is -0.385. The predicted molar refractivity (Wildman–Crippen MR) is 77.2 cm³/mol. The smallest absolute Gasteiger partial charge is 0.311 e. The Morgan fingerprint density at radius 2 is 2.05 bits per heavy atom. The summed E-state index contributed by atoms with van der Waals surface area (Å²) in [6.07, 6.45) is 0. The molecule has 2 rings (SSSR count). The van der Waals surface area contributed by atoms with Crippen molar-refractivity contribution in [1.82, 2.24) is 0 Å². The monoisotopic (exact) mass is 310 g/mol. The minimum Gasteiger partial charge on any atom is -0.450 e. The average Bonchev–Trinajstić information content (AvgIpc) is 2.37. The van der Waals surface area contributed by atoms with Gasteiger partial charge in [-0.05, 0) is 25.1 Å². The maximum Gasteiger partial charge on any atom is 0.311 e. The largest absolute Gasteiger partial charge is 0.450 e. The Morgan fingerprint density at radius 1 is 1.33 bits per heavy atom. The van der Waals surface area contributed by atoms with Crippen LogP contribution < -0.4 is 10.5 Å². The SMILES string of the molecule is C[C@H](N)c1c(F)cccc1Oc1cc(Cl)ccc1[N+](=O)[O-]. The van der Waals surface area contributed by atoms with Gasteiger partial charge in [0.05, 0.1) is 4.92 Å². The fourth-order valence-corrected chi connectivity index (χ4v) is 2.05. The van der Waals surface area contributed by atoms with Gasteiger partial charge in [-0.15, -0.1) is 0 Å². The Bertz CT molecular complexity index is 692. The minimum absolute atomic E-state index is 0.0694. The van der Waals surface area contributed by atoms with Crippen LogP contribution in [0.4, 0.5) is 10.1 Å². The highest BCUT2D eigenvalue weighted by atomic mass is 35.5. The molecule has 0 saturated carbocycles. The maximum atomic E-state index is 13.8. The van der Waals surface area contributed by atoms with Crippen molar-refractivity contribution >= 4 is 17.3 Å². The molecule has 2 N–H and O–H groups in total. The lowest BCUT2D eigenvalue weighted by Crippen LogP contribution is -2.09. The molecule has 0 aliphatic rings. The number of halogens is 2. The first-order valence-corrected chi connectivity index (χ1v) is 6.43. The van der Waals surface area contributed by atoms with Gasteiger partial charge < -0.3 is 10.5 Å². The maximum absolute atomic E-state index is 13.8. The normalized spacial score (nSPS) is 12.0. The molecule has 0 fully saturated rings. The fourth-order valence-electron chi connectivity index (χ4n) is 1.89. The van der Waals surface area contributed by atoms with Gasteiger partial charge in [-0.3, -0.25) is 10.1 Å². The summed E-state index contributed by atoms with van der Waals surface area (Å²) in [6.45, 7) is 1.59. The predicted octanol–water partition coefficient (Wildman–Crippen LogP) is 4.20. The van der Waals surface area contributed by atoms with E-state index in [1.807, 2.05) is 0 Å². The number of nitrogens with two attached hydrogens (primary N) is 1. The molecular weight excluding hydrogens is 299 g/mol. The molecule has 0 saturated heterocycles. The number of nitrogens with zero attached hydrogens (tertiary/aromatic N) is 1. The average molecular weight is 311 g/mol. The Labute approximate surface area is 125 Å². The zero-order valence-corrected chi connectivity index (χ0v) is 11.8. The van der Waals surface area contributed by atoms with E-state index in [1.165, 1.54) is 36.4 Å². The van der Waals surface area contributed by atoms with Crippen LogP contribution in [0.2, 0.25) is 5.02 Å². The van der Waals surface area contributed by atoms with E-state index < -0.39 is 16.8 Å². The van der Waals surface area contributed by atoms with Crippen molar-refractivity contribution in [2.45, 2.75) is 13.0 Å². The van der Waals surface area contributed by atoms with Crippen LogP contribution >= 0.6 is 11.6 Å². The third-order valence-corrected chi connectivity index (χ3v) is 3.04. The van der Waals surface area contributed by atoms with E-state index in [2.05, 4.69) is 0 Å². The second-order valence-corrected chi connectivity index (χ2v) is 4.85. The first-order valence-electron chi connectivity index (χ1n) is 6.06. The van der Waals surface area contributed by atoms with Crippen molar-refractivity contribution in [3.63, 3.8) is 0 Å². The van der Waals surface area contributed by atoms with Gasteiger partial charge in [-0.2, -0.15) is 0 Å². The van der Waals surface area contributed by atoms with E-state index in [0.717, 1.165) is 0 Å². The number of hydrogen-bond donors (Lipinski definition) is 1. The van der Waals surface area contributed by atoms with Gasteiger partial charge in [-0.1, -0.05) is 17.7 Å². The highest BCUT2D eigenvalue weighted by Crippen LogP contribution is 2.36. The van der Waals surface area contributed by atoms with Crippen molar-refractivity contribution in [2.75, 3.05) is 0 Å². The molecule has 0 spiro atoms. The Kier molecular flexibility index (Phi) is 4.40. The number of benzene rings is 2. The Hall–Kier alpha value is -2.18. The van der Waals surface area contributed by atoms with Crippen LogP contribution in [0, 0.1) is 15.9 Å². The summed E-state index contributed by atoms with van der Waals surface area (Å²) in [5.74, 6) is -0.484. The topological polar surface area (TPSA) is 78.4 Å². The van der Waals surface area contributed by atoms with Gasteiger partial charge in [0.15, 0.2) is 0 Å². The van der Waals surface area contributed by atoms with Crippen molar-refractivity contribution < 1.29 is 14.1 Å².